The molecule has 39 heavy (non-hydrogen) atoms. The van der Waals surface area contributed by atoms with Gasteiger partial charge in [-0.25, -0.2) is 20.1 Å². The molecule has 9 nitrogen and oxygen atoms in total. The minimum absolute atomic E-state index is 0.0210. The lowest BCUT2D eigenvalue weighted by molar-refractivity contribution is -0.143. The van der Waals surface area contributed by atoms with Crippen LogP contribution in [0.5, 0.6) is 0 Å². The third kappa shape index (κ3) is 6.25. The number of esters is 1. The Morgan fingerprint density at radius 3 is 2.31 bits per heavy atom. The summed E-state index contributed by atoms with van der Waals surface area (Å²) in [5.41, 5.74) is 5.67. The number of nitrogens with two attached hydrogens (primary N) is 2. The van der Waals surface area contributed by atoms with Crippen LogP contribution < -0.4 is 16.6 Å². The molecule has 0 saturated heterocycles. The van der Waals surface area contributed by atoms with E-state index in [4.69, 9.17) is 21.4 Å². The van der Waals surface area contributed by atoms with Crippen molar-refractivity contribution in [2.24, 2.45) is 11.6 Å². The smallest absolute Gasteiger partial charge is 0.434 e. The second-order valence-electron chi connectivity index (χ2n) is 8.27. The fraction of sp³-hybridized carbons (Fsp3) is 0.0741. The number of rotatable bonds is 8. The monoisotopic (exact) mass is 537 g/mol. The van der Waals surface area contributed by atoms with Crippen molar-refractivity contribution in [3.05, 3.63) is 119 Å². The predicted molar refractivity (Wildman–Crippen MR) is 136 cm³/mol. The molecular weight excluding hydrogens is 515 g/mol. The van der Waals surface area contributed by atoms with E-state index >= 15 is 0 Å². The maximum Gasteiger partial charge on any atom is 0.434 e. The summed E-state index contributed by atoms with van der Waals surface area (Å²) in [5.74, 6) is 3.77. The van der Waals surface area contributed by atoms with Crippen LogP contribution in [-0.4, -0.2) is 26.8 Å². The molecule has 0 bridgehead atoms. The van der Waals surface area contributed by atoms with E-state index in [-0.39, 0.29) is 23.6 Å². The highest BCUT2D eigenvalue weighted by Gasteiger charge is 2.41. The number of ether oxygens (including phenoxy) is 1. The van der Waals surface area contributed by atoms with E-state index in [0.29, 0.717) is 21.5 Å². The Kier molecular flexibility index (Phi) is 7.68. The summed E-state index contributed by atoms with van der Waals surface area (Å²) in [5, 5.41) is 14.1. The van der Waals surface area contributed by atoms with E-state index in [1.165, 1.54) is 48.7 Å². The summed E-state index contributed by atoms with van der Waals surface area (Å²) in [7, 11) is 0. The summed E-state index contributed by atoms with van der Waals surface area (Å²) in [6, 6.07) is 20.0. The molecule has 5 N–H and O–H groups in total. The summed E-state index contributed by atoms with van der Waals surface area (Å²) in [6.45, 7) is -0.194. The summed E-state index contributed by atoms with van der Waals surface area (Å²) >= 11 is 0. The Morgan fingerprint density at radius 1 is 1.00 bits per heavy atom. The van der Waals surface area contributed by atoms with Crippen molar-refractivity contribution < 1.29 is 32.6 Å². The molecule has 1 aromatic heterocycles. The van der Waals surface area contributed by atoms with Gasteiger partial charge in [0.15, 0.2) is 5.69 Å². The van der Waals surface area contributed by atoms with Crippen molar-refractivity contribution in [2.45, 2.75) is 12.8 Å². The van der Waals surface area contributed by atoms with E-state index < -0.39 is 29.4 Å². The summed E-state index contributed by atoms with van der Waals surface area (Å²) in [6.07, 6.45) is -2.75. The van der Waals surface area contributed by atoms with Gasteiger partial charge in [0.1, 0.15) is 12.2 Å². The van der Waals surface area contributed by atoms with Crippen molar-refractivity contribution in [3.63, 3.8) is 0 Å². The van der Waals surface area contributed by atoms with Gasteiger partial charge in [-0.3, -0.25) is 5.01 Å². The lowest BCUT2D eigenvalue weighted by Crippen LogP contribution is -2.25. The molecule has 1 heterocycles. The van der Waals surface area contributed by atoms with Crippen LogP contribution in [0.15, 0.2) is 91.3 Å². The number of aromatic carboxylic acids is 1. The van der Waals surface area contributed by atoms with Crippen molar-refractivity contribution in [3.8, 4) is 5.69 Å². The zero-order chi connectivity index (χ0) is 28.2. The van der Waals surface area contributed by atoms with Gasteiger partial charge in [0.05, 0.1) is 28.8 Å². The standard InChI is InChI=1S/C27H22F3N5O4/c28-27(29,30)24-22(26(38)39-16-17-5-2-1-3-6-17)14-33-35(24)21-11-9-20(10-12-21)34(32)15-23(31)18-7-4-8-19(13-18)25(36)37/h1-15H,16,31-32H2,(H,36,37)/b23-15-. The SMILES string of the molecule is N/C(=C\N(N)c1ccc(-n2ncc(C(=O)OCc3ccccc3)c2C(F)(F)F)cc1)c1cccc(C(=O)O)c1. The van der Waals surface area contributed by atoms with Crippen LogP contribution in [-0.2, 0) is 17.5 Å². The molecule has 0 fully saturated rings. The number of benzene rings is 3. The third-order valence-corrected chi connectivity index (χ3v) is 5.58. The first-order valence-electron chi connectivity index (χ1n) is 11.4. The molecule has 200 valence electrons. The van der Waals surface area contributed by atoms with Crippen LogP contribution in [0.1, 0.15) is 37.5 Å². The molecule has 12 heteroatoms. The molecule has 0 amide bonds. The number of carboxylic acids is 1. The molecule has 0 aliphatic carbocycles. The van der Waals surface area contributed by atoms with Crippen LogP contribution in [0.2, 0.25) is 0 Å². The van der Waals surface area contributed by atoms with Crippen molar-refractivity contribution in [1.82, 2.24) is 9.78 Å². The van der Waals surface area contributed by atoms with E-state index in [1.807, 2.05) is 0 Å². The number of hydrazine groups is 1. The number of aromatic nitrogens is 2. The number of nitrogens with zero attached hydrogens (tertiary/aromatic N) is 3. The molecule has 0 aliphatic heterocycles. The summed E-state index contributed by atoms with van der Waals surface area (Å²) in [4.78, 5) is 23.7. The van der Waals surface area contributed by atoms with E-state index in [1.54, 1.807) is 36.4 Å². The van der Waals surface area contributed by atoms with Gasteiger partial charge in [-0.15, -0.1) is 0 Å². The van der Waals surface area contributed by atoms with E-state index in [2.05, 4.69) is 5.10 Å². The van der Waals surface area contributed by atoms with E-state index in [0.717, 1.165) is 11.2 Å². The van der Waals surface area contributed by atoms with Gasteiger partial charge in [-0.2, -0.15) is 18.3 Å². The van der Waals surface area contributed by atoms with Crippen LogP contribution in [0.3, 0.4) is 0 Å². The zero-order valence-corrected chi connectivity index (χ0v) is 20.2. The zero-order valence-electron chi connectivity index (χ0n) is 20.2. The Morgan fingerprint density at radius 2 is 1.67 bits per heavy atom. The third-order valence-electron chi connectivity index (χ3n) is 5.58. The average molecular weight is 537 g/mol. The van der Waals surface area contributed by atoms with Gasteiger partial charge >= 0.3 is 18.1 Å². The average Bonchev–Trinajstić information content (AvgIpc) is 3.39. The van der Waals surface area contributed by atoms with Gasteiger partial charge in [-0.05, 0) is 47.5 Å². The summed E-state index contributed by atoms with van der Waals surface area (Å²) < 4.78 is 47.6. The van der Waals surface area contributed by atoms with Gasteiger partial charge in [0, 0.05) is 6.20 Å². The molecule has 4 aromatic rings. The molecule has 0 atom stereocenters. The second-order valence-corrected chi connectivity index (χ2v) is 8.27. The number of carbonyl (C=O) groups excluding carboxylic acids is 1. The molecular formula is C27H22F3N5O4. The lowest BCUT2D eigenvalue weighted by atomic mass is 10.1. The second kappa shape index (κ2) is 11.1. The highest BCUT2D eigenvalue weighted by Crippen LogP contribution is 2.34. The first kappa shape index (κ1) is 26.9. The van der Waals surface area contributed by atoms with Crippen molar-refractivity contribution >= 4 is 23.3 Å². The molecule has 4 rings (SSSR count). The fourth-order valence-corrected chi connectivity index (χ4v) is 3.66. The molecule has 3 aromatic carbocycles. The maximum atomic E-state index is 14.0. The number of carboxylic acid groups (broad SMARTS) is 1. The normalized spacial score (nSPS) is 11.7. The Balaban J connectivity index is 1.56. The number of alkyl halides is 3. The molecule has 0 saturated carbocycles. The number of anilines is 1. The van der Waals surface area contributed by atoms with Crippen LogP contribution in [0.4, 0.5) is 18.9 Å². The van der Waals surface area contributed by atoms with Crippen LogP contribution in [0, 0.1) is 0 Å². The van der Waals surface area contributed by atoms with Gasteiger partial charge in [-0.1, -0.05) is 42.5 Å². The van der Waals surface area contributed by atoms with Crippen molar-refractivity contribution in [2.75, 3.05) is 5.01 Å². The van der Waals surface area contributed by atoms with Gasteiger partial charge < -0.3 is 15.6 Å². The number of carbonyl (C=O) groups is 2. The Hall–Kier alpha value is -5.10. The number of halogens is 3. The largest absolute Gasteiger partial charge is 0.478 e. The minimum atomic E-state index is -4.90. The minimum Gasteiger partial charge on any atom is -0.478 e. The molecule has 0 aliphatic rings. The lowest BCUT2D eigenvalue weighted by Gasteiger charge is -2.17. The molecule has 0 spiro atoms. The van der Waals surface area contributed by atoms with Gasteiger partial charge in [0.25, 0.3) is 0 Å². The fourth-order valence-electron chi connectivity index (χ4n) is 3.66. The first-order valence-corrected chi connectivity index (χ1v) is 11.4. The number of hydrogen-bond donors (Lipinski definition) is 3. The highest BCUT2D eigenvalue weighted by atomic mass is 19.4. The Bertz CT molecular complexity index is 1520. The van der Waals surface area contributed by atoms with Gasteiger partial charge in [0.2, 0.25) is 0 Å². The molecule has 0 unspecified atom stereocenters. The molecule has 0 radical (unpaired) electrons. The number of hydrogen-bond acceptors (Lipinski definition) is 7. The highest BCUT2D eigenvalue weighted by molar-refractivity contribution is 5.91. The van der Waals surface area contributed by atoms with Crippen LogP contribution >= 0.6 is 0 Å². The predicted octanol–water partition coefficient (Wildman–Crippen LogP) is 4.58. The van der Waals surface area contributed by atoms with E-state index in [9.17, 15) is 22.8 Å². The van der Waals surface area contributed by atoms with Crippen molar-refractivity contribution in [1.29, 1.82) is 0 Å². The van der Waals surface area contributed by atoms with Crippen LogP contribution in [0.25, 0.3) is 11.4 Å². The topological polar surface area (TPSA) is 137 Å². The maximum absolute atomic E-state index is 14.0. The first-order chi connectivity index (χ1) is 18.5. The Labute approximate surface area is 220 Å². The quantitative estimate of drug-likeness (QED) is 0.169.